The van der Waals surface area contributed by atoms with Crippen molar-refractivity contribution in [3.05, 3.63) is 65.9 Å². The third-order valence-electron chi connectivity index (χ3n) is 4.61. The summed E-state index contributed by atoms with van der Waals surface area (Å²) in [7, 11) is 1.98. The van der Waals surface area contributed by atoms with Gasteiger partial charge in [0.2, 0.25) is 5.91 Å². The molecule has 1 N–H and O–H groups in total. The first-order chi connectivity index (χ1) is 13.1. The fraction of sp³-hybridized carbons (Fsp3) is 0.273. The van der Waals surface area contributed by atoms with E-state index < -0.39 is 0 Å². The monoisotopic (exact) mass is 379 g/mol. The number of aryl methyl sites for hydroxylation is 2. The third-order valence-corrected chi connectivity index (χ3v) is 5.65. The van der Waals surface area contributed by atoms with Crippen LogP contribution in [0.1, 0.15) is 25.0 Å². The van der Waals surface area contributed by atoms with E-state index in [2.05, 4.69) is 54.5 Å². The Bertz CT molecular complexity index is 896. The van der Waals surface area contributed by atoms with Crippen molar-refractivity contribution in [3.63, 3.8) is 0 Å². The van der Waals surface area contributed by atoms with Gasteiger partial charge in [0.1, 0.15) is 0 Å². The van der Waals surface area contributed by atoms with E-state index in [1.807, 2.05) is 36.0 Å². The molecule has 0 radical (unpaired) electrons. The van der Waals surface area contributed by atoms with Crippen LogP contribution in [0.2, 0.25) is 0 Å². The Hall–Kier alpha value is -2.53. The van der Waals surface area contributed by atoms with E-state index in [1.165, 1.54) is 22.9 Å². The minimum absolute atomic E-state index is 0.000129. The van der Waals surface area contributed by atoms with Crippen LogP contribution >= 0.6 is 11.8 Å². The van der Waals surface area contributed by atoms with Crippen molar-refractivity contribution >= 4 is 23.4 Å². The van der Waals surface area contributed by atoms with Crippen molar-refractivity contribution < 1.29 is 4.79 Å². The lowest BCUT2D eigenvalue weighted by Crippen LogP contribution is -2.17. The molecular weight excluding hydrogens is 354 g/mol. The van der Waals surface area contributed by atoms with Crippen LogP contribution in [-0.4, -0.2) is 21.2 Å². The lowest BCUT2D eigenvalue weighted by Gasteiger charge is -2.14. The maximum atomic E-state index is 12.5. The second-order valence-electron chi connectivity index (χ2n) is 6.35. The van der Waals surface area contributed by atoms with Crippen molar-refractivity contribution in [2.75, 3.05) is 11.1 Å². The van der Waals surface area contributed by atoms with Crippen LogP contribution in [0, 0.1) is 0 Å². The van der Waals surface area contributed by atoms with E-state index in [1.54, 1.807) is 0 Å². The average Bonchev–Trinajstić information content (AvgIpc) is 3.07. The minimum Gasteiger partial charge on any atom is -0.325 e. The molecule has 0 bridgehead atoms. The average molecular weight is 380 g/mol. The lowest BCUT2D eigenvalue weighted by molar-refractivity contribution is -0.113. The molecule has 140 valence electrons. The highest BCUT2D eigenvalue weighted by Gasteiger charge is 2.13. The van der Waals surface area contributed by atoms with Crippen molar-refractivity contribution in [2.24, 2.45) is 7.05 Å². The molecule has 0 atom stereocenters. The number of imidazole rings is 1. The van der Waals surface area contributed by atoms with Gasteiger partial charge in [-0.3, -0.25) is 4.79 Å². The Morgan fingerprint density at radius 2 is 1.70 bits per heavy atom. The molecule has 0 aliphatic heterocycles. The number of amides is 1. The fourth-order valence-electron chi connectivity index (χ4n) is 3.11. The Labute approximate surface area is 165 Å². The third kappa shape index (κ3) is 4.42. The Morgan fingerprint density at radius 1 is 1.04 bits per heavy atom. The van der Waals surface area contributed by atoms with Crippen LogP contribution in [-0.2, 0) is 24.7 Å². The number of carbonyl (C=O) groups excluding carboxylic acids is 1. The standard InChI is InChI=1S/C22H25N3OS/c1-4-16-12-9-13-17(5-2)21(16)24-20(26)15-27-22-23-14-19(25(22)3)18-10-7-6-8-11-18/h6-14H,4-5,15H2,1-3H3,(H,24,26). The first-order valence-electron chi connectivity index (χ1n) is 9.24. The van der Waals surface area contributed by atoms with E-state index in [4.69, 9.17) is 0 Å². The number of nitrogens with one attached hydrogen (secondary N) is 1. The Kier molecular flexibility index (Phi) is 6.35. The quantitative estimate of drug-likeness (QED) is 0.591. The van der Waals surface area contributed by atoms with Crippen molar-refractivity contribution in [3.8, 4) is 11.3 Å². The number of para-hydroxylation sites is 1. The zero-order valence-electron chi connectivity index (χ0n) is 16.0. The molecule has 0 unspecified atom stereocenters. The van der Waals surface area contributed by atoms with E-state index in [0.717, 1.165) is 34.9 Å². The topological polar surface area (TPSA) is 46.9 Å². The molecule has 0 spiro atoms. The van der Waals surface area contributed by atoms with E-state index >= 15 is 0 Å². The number of rotatable bonds is 7. The van der Waals surface area contributed by atoms with Gasteiger partial charge in [0.15, 0.2) is 5.16 Å². The summed E-state index contributed by atoms with van der Waals surface area (Å²) in [5.41, 5.74) is 5.49. The number of benzene rings is 2. The van der Waals surface area contributed by atoms with Crippen LogP contribution in [0.3, 0.4) is 0 Å². The molecule has 3 rings (SSSR count). The Balaban J connectivity index is 1.68. The second-order valence-corrected chi connectivity index (χ2v) is 7.29. The number of hydrogen-bond acceptors (Lipinski definition) is 3. The van der Waals surface area contributed by atoms with Gasteiger partial charge in [-0.05, 0) is 29.5 Å². The van der Waals surface area contributed by atoms with Crippen molar-refractivity contribution in [1.82, 2.24) is 9.55 Å². The molecule has 5 heteroatoms. The maximum Gasteiger partial charge on any atom is 0.234 e. The van der Waals surface area contributed by atoms with Gasteiger partial charge in [-0.2, -0.15) is 0 Å². The normalized spacial score (nSPS) is 10.8. The van der Waals surface area contributed by atoms with Gasteiger partial charge in [0, 0.05) is 12.7 Å². The second kappa shape index (κ2) is 8.91. The van der Waals surface area contributed by atoms with Gasteiger partial charge < -0.3 is 9.88 Å². The highest BCUT2D eigenvalue weighted by atomic mass is 32.2. The van der Waals surface area contributed by atoms with Crippen LogP contribution in [0.15, 0.2) is 59.9 Å². The van der Waals surface area contributed by atoms with Gasteiger partial charge in [-0.15, -0.1) is 0 Å². The van der Waals surface area contributed by atoms with Crippen LogP contribution in [0.4, 0.5) is 5.69 Å². The van der Waals surface area contributed by atoms with Crippen LogP contribution < -0.4 is 5.32 Å². The highest BCUT2D eigenvalue weighted by Crippen LogP contribution is 2.26. The molecule has 0 saturated carbocycles. The van der Waals surface area contributed by atoms with E-state index in [0.29, 0.717) is 5.75 Å². The number of anilines is 1. The van der Waals surface area contributed by atoms with E-state index in [-0.39, 0.29) is 5.91 Å². The predicted molar refractivity (Wildman–Crippen MR) is 113 cm³/mol. The molecule has 4 nitrogen and oxygen atoms in total. The number of nitrogens with zero attached hydrogens (tertiary/aromatic N) is 2. The molecule has 1 heterocycles. The highest BCUT2D eigenvalue weighted by molar-refractivity contribution is 7.99. The Morgan fingerprint density at radius 3 is 2.33 bits per heavy atom. The van der Waals surface area contributed by atoms with Crippen molar-refractivity contribution in [1.29, 1.82) is 0 Å². The molecule has 0 aliphatic rings. The predicted octanol–water partition coefficient (Wildman–Crippen LogP) is 4.94. The summed E-state index contributed by atoms with van der Waals surface area (Å²) in [5, 5.41) is 3.95. The van der Waals surface area contributed by atoms with Gasteiger partial charge in [0.25, 0.3) is 0 Å². The van der Waals surface area contributed by atoms with Gasteiger partial charge >= 0.3 is 0 Å². The van der Waals surface area contributed by atoms with Crippen LogP contribution in [0.25, 0.3) is 11.3 Å². The largest absolute Gasteiger partial charge is 0.325 e. The maximum absolute atomic E-state index is 12.5. The van der Waals surface area contributed by atoms with Crippen LogP contribution in [0.5, 0.6) is 0 Å². The summed E-state index contributed by atoms with van der Waals surface area (Å²) in [6.45, 7) is 4.22. The van der Waals surface area contributed by atoms with E-state index in [9.17, 15) is 4.79 Å². The molecule has 27 heavy (non-hydrogen) atoms. The molecular formula is C22H25N3OS. The number of thioether (sulfide) groups is 1. The summed E-state index contributed by atoms with van der Waals surface area (Å²) >= 11 is 1.46. The van der Waals surface area contributed by atoms with Gasteiger partial charge in [-0.1, -0.05) is 74.1 Å². The molecule has 1 amide bonds. The molecule has 0 saturated heterocycles. The summed E-state index contributed by atoms with van der Waals surface area (Å²) < 4.78 is 2.03. The molecule has 0 fully saturated rings. The molecule has 0 aliphatic carbocycles. The lowest BCUT2D eigenvalue weighted by atomic mass is 10.0. The molecule has 1 aromatic heterocycles. The summed E-state index contributed by atoms with van der Waals surface area (Å²) in [6.07, 6.45) is 3.66. The minimum atomic E-state index is -0.000129. The van der Waals surface area contributed by atoms with Crippen molar-refractivity contribution in [2.45, 2.75) is 31.8 Å². The zero-order chi connectivity index (χ0) is 19.2. The van der Waals surface area contributed by atoms with Gasteiger partial charge in [0.05, 0.1) is 17.6 Å². The number of hydrogen-bond donors (Lipinski definition) is 1. The van der Waals surface area contributed by atoms with Gasteiger partial charge in [-0.25, -0.2) is 4.98 Å². The summed E-state index contributed by atoms with van der Waals surface area (Å²) in [5.74, 6) is 0.333. The zero-order valence-corrected chi connectivity index (χ0v) is 16.8. The number of aromatic nitrogens is 2. The first-order valence-corrected chi connectivity index (χ1v) is 10.2. The molecule has 2 aromatic carbocycles. The smallest absolute Gasteiger partial charge is 0.234 e. The summed E-state index contributed by atoms with van der Waals surface area (Å²) in [6, 6.07) is 16.4. The molecule has 3 aromatic rings. The SMILES string of the molecule is CCc1cccc(CC)c1NC(=O)CSc1ncc(-c2ccccc2)n1C. The fourth-order valence-corrected chi connectivity index (χ4v) is 3.86. The first kappa shape index (κ1) is 19.2. The number of carbonyl (C=O) groups is 1. The summed E-state index contributed by atoms with van der Waals surface area (Å²) in [4.78, 5) is 17.0.